The zero-order valence-electron chi connectivity index (χ0n) is 6.76. The maximum absolute atomic E-state index is 5.25. The Hall–Kier alpha value is -0.870. The van der Waals surface area contributed by atoms with Gasteiger partial charge < -0.3 is 15.0 Å². The van der Waals surface area contributed by atoms with Crippen LogP contribution in [-0.4, -0.2) is 29.7 Å². The summed E-state index contributed by atoms with van der Waals surface area (Å²) in [7, 11) is 0. The van der Waals surface area contributed by atoms with Crippen LogP contribution >= 0.6 is 0 Å². The van der Waals surface area contributed by atoms with Crippen LogP contribution in [0.4, 0.5) is 0 Å². The van der Waals surface area contributed by atoms with Crippen molar-refractivity contribution < 1.29 is 4.74 Å². The first kappa shape index (κ1) is 6.62. The Morgan fingerprint density at radius 3 is 3.17 bits per heavy atom. The van der Waals surface area contributed by atoms with E-state index in [-0.39, 0.29) is 5.41 Å². The fraction of sp³-hybridized carbons (Fsp3) is 0.625. The monoisotopic (exact) mass is 165 g/mol. The van der Waals surface area contributed by atoms with E-state index in [0.717, 1.165) is 26.3 Å². The van der Waals surface area contributed by atoms with Gasteiger partial charge in [0.1, 0.15) is 0 Å². The minimum absolute atomic E-state index is 0.188. The van der Waals surface area contributed by atoms with Crippen LogP contribution < -0.4 is 5.32 Å². The van der Waals surface area contributed by atoms with Gasteiger partial charge in [-0.25, -0.2) is 4.98 Å². The molecule has 2 aliphatic rings. The van der Waals surface area contributed by atoms with Crippen LogP contribution in [0.3, 0.4) is 0 Å². The number of H-pyrrole nitrogens is 1. The minimum atomic E-state index is 0.188. The molecule has 3 rings (SSSR count). The predicted molar refractivity (Wildman–Crippen MR) is 42.8 cm³/mol. The van der Waals surface area contributed by atoms with E-state index < -0.39 is 0 Å². The van der Waals surface area contributed by atoms with Crippen molar-refractivity contribution in [1.82, 2.24) is 15.3 Å². The molecule has 2 aliphatic heterocycles. The molecule has 12 heavy (non-hydrogen) atoms. The van der Waals surface area contributed by atoms with Gasteiger partial charge in [0.25, 0.3) is 0 Å². The van der Waals surface area contributed by atoms with Crippen molar-refractivity contribution in [2.24, 2.45) is 0 Å². The number of hydrogen-bond acceptors (Lipinski definition) is 3. The smallest absolute Gasteiger partial charge is 0.0925 e. The first-order valence-electron chi connectivity index (χ1n) is 4.22. The van der Waals surface area contributed by atoms with Crippen molar-refractivity contribution in [2.75, 3.05) is 19.8 Å². The first-order chi connectivity index (χ1) is 5.91. The third kappa shape index (κ3) is 0.665. The van der Waals surface area contributed by atoms with Crippen LogP contribution in [0.2, 0.25) is 0 Å². The molecule has 1 fully saturated rings. The Bertz CT molecular complexity index is 303. The number of aromatic amines is 1. The summed E-state index contributed by atoms with van der Waals surface area (Å²) in [4.78, 5) is 7.51. The average molecular weight is 165 g/mol. The molecule has 3 heterocycles. The number of rotatable bonds is 0. The molecule has 0 saturated carbocycles. The van der Waals surface area contributed by atoms with E-state index >= 15 is 0 Å². The van der Waals surface area contributed by atoms with Crippen molar-refractivity contribution in [1.29, 1.82) is 0 Å². The maximum atomic E-state index is 5.25. The zero-order chi connectivity index (χ0) is 8.02. The molecule has 1 saturated heterocycles. The van der Waals surface area contributed by atoms with Gasteiger partial charge in [-0.1, -0.05) is 0 Å². The number of aromatic nitrogens is 2. The lowest BCUT2D eigenvalue weighted by Gasteiger charge is -2.43. The molecule has 2 N–H and O–H groups in total. The number of ether oxygens (including phenoxy) is 1. The molecule has 4 nitrogen and oxygen atoms in total. The van der Waals surface area contributed by atoms with Crippen molar-refractivity contribution >= 4 is 0 Å². The summed E-state index contributed by atoms with van der Waals surface area (Å²) < 4.78 is 5.25. The van der Waals surface area contributed by atoms with Crippen LogP contribution in [-0.2, 0) is 16.7 Å². The zero-order valence-corrected chi connectivity index (χ0v) is 6.76. The molecule has 0 atom stereocenters. The summed E-state index contributed by atoms with van der Waals surface area (Å²) in [6, 6.07) is 0. The third-order valence-corrected chi connectivity index (χ3v) is 2.74. The molecule has 0 aliphatic carbocycles. The SMILES string of the molecule is c1nc2c([nH]1)CNCC21COC1. The number of nitrogens with one attached hydrogen (secondary N) is 2. The molecule has 0 aromatic carbocycles. The highest BCUT2D eigenvalue weighted by Gasteiger charge is 2.45. The summed E-state index contributed by atoms with van der Waals surface area (Å²) in [5.74, 6) is 0. The summed E-state index contributed by atoms with van der Waals surface area (Å²) in [6.45, 7) is 3.55. The fourth-order valence-corrected chi connectivity index (χ4v) is 2.01. The standard InChI is InChI=1S/C8H11N3O/c1-6-7(11-5-10-6)8(2-9-1)3-12-4-8/h5,9H,1-4H2,(H,10,11). The van der Waals surface area contributed by atoms with E-state index in [1.54, 1.807) is 6.33 Å². The van der Waals surface area contributed by atoms with E-state index in [0.29, 0.717) is 0 Å². The summed E-state index contributed by atoms with van der Waals surface area (Å²) in [6.07, 6.45) is 1.78. The molecule has 0 amide bonds. The normalized spacial score (nSPS) is 25.0. The van der Waals surface area contributed by atoms with Crippen LogP contribution in [0.1, 0.15) is 11.4 Å². The van der Waals surface area contributed by atoms with Crippen molar-refractivity contribution in [3.63, 3.8) is 0 Å². The second-order valence-electron chi connectivity index (χ2n) is 3.61. The molecule has 1 aromatic rings. The van der Waals surface area contributed by atoms with Crippen LogP contribution in [0.5, 0.6) is 0 Å². The van der Waals surface area contributed by atoms with Gasteiger partial charge in [-0.15, -0.1) is 0 Å². The van der Waals surface area contributed by atoms with Gasteiger partial charge in [-0.05, 0) is 0 Å². The van der Waals surface area contributed by atoms with E-state index in [4.69, 9.17) is 4.74 Å². The fourth-order valence-electron chi connectivity index (χ4n) is 2.01. The quantitative estimate of drug-likeness (QED) is 0.559. The summed E-state index contributed by atoms with van der Waals surface area (Å²) in [5, 5.41) is 3.37. The third-order valence-electron chi connectivity index (χ3n) is 2.74. The van der Waals surface area contributed by atoms with Gasteiger partial charge in [-0.3, -0.25) is 0 Å². The largest absolute Gasteiger partial charge is 0.379 e. The molecule has 1 aromatic heterocycles. The van der Waals surface area contributed by atoms with Crippen LogP contribution in [0, 0.1) is 0 Å². The van der Waals surface area contributed by atoms with E-state index in [1.807, 2.05) is 0 Å². The van der Waals surface area contributed by atoms with Crippen LogP contribution in [0.15, 0.2) is 6.33 Å². The highest BCUT2D eigenvalue weighted by molar-refractivity contribution is 5.28. The predicted octanol–water partition coefficient (Wildman–Crippen LogP) is -0.219. The molecule has 64 valence electrons. The number of fused-ring (bicyclic) bond motifs is 2. The van der Waals surface area contributed by atoms with Gasteiger partial charge in [0, 0.05) is 13.1 Å². The lowest BCUT2D eigenvalue weighted by Crippen LogP contribution is -2.56. The van der Waals surface area contributed by atoms with Crippen molar-refractivity contribution in [2.45, 2.75) is 12.0 Å². The number of hydrogen-bond donors (Lipinski definition) is 2. The van der Waals surface area contributed by atoms with Crippen molar-refractivity contribution in [3.8, 4) is 0 Å². The Kier molecular flexibility index (Phi) is 1.15. The molecule has 0 unspecified atom stereocenters. The Morgan fingerprint density at radius 1 is 1.50 bits per heavy atom. The number of imidazole rings is 1. The molecule has 0 bridgehead atoms. The van der Waals surface area contributed by atoms with E-state index in [1.165, 1.54) is 11.4 Å². The molecule has 0 radical (unpaired) electrons. The lowest BCUT2D eigenvalue weighted by molar-refractivity contribution is -0.0646. The van der Waals surface area contributed by atoms with Crippen molar-refractivity contribution in [3.05, 3.63) is 17.7 Å². The van der Waals surface area contributed by atoms with E-state index in [2.05, 4.69) is 15.3 Å². The Balaban J connectivity index is 2.09. The van der Waals surface area contributed by atoms with Gasteiger partial charge in [-0.2, -0.15) is 0 Å². The lowest BCUT2D eigenvalue weighted by atomic mass is 9.79. The average Bonchev–Trinajstić information content (AvgIpc) is 2.47. The van der Waals surface area contributed by atoms with E-state index in [9.17, 15) is 0 Å². The minimum Gasteiger partial charge on any atom is -0.379 e. The van der Waals surface area contributed by atoms with Gasteiger partial charge in [0.05, 0.1) is 36.3 Å². The summed E-state index contributed by atoms with van der Waals surface area (Å²) in [5.41, 5.74) is 2.63. The van der Waals surface area contributed by atoms with Gasteiger partial charge in [0.15, 0.2) is 0 Å². The van der Waals surface area contributed by atoms with Gasteiger partial charge >= 0.3 is 0 Å². The second-order valence-corrected chi connectivity index (χ2v) is 3.61. The highest BCUT2D eigenvalue weighted by Crippen LogP contribution is 2.34. The molecular formula is C8H11N3O. The highest BCUT2D eigenvalue weighted by atomic mass is 16.5. The maximum Gasteiger partial charge on any atom is 0.0925 e. The van der Waals surface area contributed by atoms with Gasteiger partial charge in [0.2, 0.25) is 0 Å². The Morgan fingerprint density at radius 2 is 2.42 bits per heavy atom. The summed E-state index contributed by atoms with van der Waals surface area (Å²) >= 11 is 0. The van der Waals surface area contributed by atoms with Crippen LogP contribution in [0.25, 0.3) is 0 Å². The number of nitrogens with zero attached hydrogens (tertiary/aromatic N) is 1. The topological polar surface area (TPSA) is 49.9 Å². The Labute approximate surface area is 70.3 Å². The molecule has 1 spiro atoms. The molecule has 4 heteroatoms. The molecular weight excluding hydrogens is 154 g/mol. The first-order valence-corrected chi connectivity index (χ1v) is 4.22. The second kappa shape index (κ2) is 2.08.